The molecule has 0 aromatic heterocycles. The summed E-state index contributed by atoms with van der Waals surface area (Å²) >= 11 is 0. The van der Waals surface area contributed by atoms with Gasteiger partial charge in [-0.15, -0.1) is 0 Å². The number of nitrogens with zero attached hydrogens (tertiary/aromatic N) is 1. The van der Waals surface area contributed by atoms with Gasteiger partial charge in [-0.1, -0.05) is 42.0 Å². The number of hydrogen-bond acceptors (Lipinski definition) is 3. The Bertz CT molecular complexity index is 882. The highest BCUT2D eigenvalue weighted by molar-refractivity contribution is 5.97. The number of carbonyl (C=O) groups is 2. The maximum atomic E-state index is 12.6. The van der Waals surface area contributed by atoms with E-state index in [1.165, 1.54) is 5.56 Å². The Morgan fingerprint density at radius 1 is 1.00 bits per heavy atom. The third-order valence-corrected chi connectivity index (χ3v) is 5.96. The van der Waals surface area contributed by atoms with Crippen LogP contribution in [0.1, 0.15) is 47.2 Å². The van der Waals surface area contributed by atoms with Crippen LogP contribution in [0.4, 0.5) is 0 Å². The molecule has 2 amide bonds. The lowest BCUT2D eigenvalue weighted by Gasteiger charge is -2.32. The zero-order valence-corrected chi connectivity index (χ0v) is 17.6. The zero-order chi connectivity index (χ0) is 20.9. The van der Waals surface area contributed by atoms with Crippen molar-refractivity contribution in [1.29, 1.82) is 0 Å². The monoisotopic (exact) mass is 406 g/mol. The molecule has 1 heterocycles. The fourth-order valence-electron chi connectivity index (χ4n) is 3.82. The number of piperidine rings is 1. The Morgan fingerprint density at radius 3 is 2.40 bits per heavy atom. The van der Waals surface area contributed by atoms with Gasteiger partial charge in [-0.3, -0.25) is 9.59 Å². The molecule has 1 aliphatic carbocycles. The summed E-state index contributed by atoms with van der Waals surface area (Å²) in [5.74, 6) is 1.19. The topological polar surface area (TPSA) is 58.6 Å². The molecule has 5 nitrogen and oxygen atoms in total. The average Bonchev–Trinajstić information content (AvgIpc) is 3.58. The van der Waals surface area contributed by atoms with E-state index in [0.29, 0.717) is 36.3 Å². The number of hydrogen-bond donors (Lipinski definition) is 1. The van der Waals surface area contributed by atoms with Crippen molar-refractivity contribution in [3.8, 4) is 5.75 Å². The van der Waals surface area contributed by atoms with E-state index in [1.54, 1.807) is 0 Å². The molecule has 30 heavy (non-hydrogen) atoms. The highest BCUT2D eigenvalue weighted by Gasteiger charge is 2.26. The molecular weight excluding hydrogens is 376 g/mol. The highest BCUT2D eigenvalue weighted by Crippen LogP contribution is 2.25. The fourth-order valence-corrected chi connectivity index (χ4v) is 3.82. The van der Waals surface area contributed by atoms with Crippen molar-refractivity contribution in [2.45, 2.75) is 45.1 Å². The molecule has 2 fully saturated rings. The van der Waals surface area contributed by atoms with Crippen LogP contribution in [0.5, 0.6) is 5.75 Å². The minimum Gasteiger partial charge on any atom is -0.492 e. The van der Waals surface area contributed by atoms with Gasteiger partial charge < -0.3 is 15.0 Å². The van der Waals surface area contributed by atoms with Crippen molar-refractivity contribution in [3.63, 3.8) is 0 Å². The molecule has 2 aliphatic rings. The predicted octanol–water partition coefficient (Wildman–Crippen LogP) is 3.75. The number of carbonyl (C=O) groups excluding carboxylic acids is 2. The molecule has 2 aromatic carbocycles. The van der Waals surface area contributed by atoms with Gasteiger partial charge >= 0.3 is 0 Å². The molecule has 2 aromatic rings. The van der Waals surface area contributed by atoms with Gasteiger partial charge in [0.2, 0.25) is 5.91 Å². The van der Waals surface area contributed by atoms with Crippen molar-refractivity contribution >= 4 is 11.8 Å². The van der Waals surface area contributed by atoms with E-state index in [2.05, 4.69) is 24.4 Å². The maximum absolute atomic E-state index is 12.6. The summed E-state index contributed by atoms with van der Waals surface area (Å²) < 4.78 is 6.04. The Balaban J connectivity index is 1.25. The van der Waals surface area contributed by atoms with Gasteiger partial charge in [0, 0.05) is 19.1 Å². The molecular formula is C25H30N2O3. The minimum absolute atomic E-state index is 0.0513. The van der Waals surface area contributed by atoms with Crippen LogP contribution in [-0.2, 0) is 11.2 Å². The molecule has 0 radical (unpaired) electrons. The van der Waals surface area contributed by atoms with Crippen molar-refractivity contribution < 1.29 is 14.3 Å². The van der Waals surface area contributed by atoms with Crippen LogP contribution in [0.25, 0.3) is 0 Å². The quantitative estimate of drug-likeness (QED) is 0.762. The van der Waals surface area contributed by atoms with Crippen LogP contribution in [-0.4, -0.2) is 42.5 Å². The molecule has 1 N–H and O–H groups in total. The Kier molecular flexibility index (Phi) is 6.36. The standard InChI is InChI=1S/C25H30N2O3/c1-18-6-8-19(9-7-18)16-24(28)27-14-12-20(13-15-27)17-30-23-5-3-2-4-22(23)25(29)26-21-10-11-21/h2-9,20-21H,10-17H2,1H3,(H,26,29). The van der Waals surface area contributed by atoms with Gasteiger partial charge in [0.05, 0.1) is 18.6 Å². The first-order valence-electron chi connectivity index (χ1n) is 10.9. The number of rotatable bonds is 7. The summed E-state index contributed by atoms with van der Waals surface area (Å²) in [5, 5.41) is 3.03. The zero-order valence-electron chi connectivity index (χ0n) is 17.6. The molecule has 1 saturated carbocycles. The SMILES string of the molecule is Cc1ccc(CC(=O)N2CCC(COc3ccccc3C(=O)NC3CC3)CC2)cc1. The lowest BCUT2D eigenvalue weighted by atomic mass is 9.97. The van der Waals surface area contributed by atoms with E-state index in [1.807, 2.05) is 41.3 Å². The summed E-state index contributed by atoms with van der Waals surface area (Å²) in [5.41, 5.74) is 2.88. The van der Waals surface area contributed by atoms with Crippen molar-refractivity contribution in [2.24, 2.45) is 5.92 Å². The first-order valence-corrected chi connectivity index (χ1v) is 10.9. The summed E-state index contributed by atoms with van der Waals surface area (Å²) in [6.07, 6.45) is 4.45. The Labute approximate surface area is 178 Å². The van der Waals surface area contributed by atoms with Crippen LogP contribution >= 0.6 is 0 Å². The van der Waals surface area contributed by atoms with E-state index >= 15 is 0 Å². The van der Waals surface area contributed by atoms with Crippen LogP contribution in [0.3, 0.4) is 0 Å². The smallest absolute Gasteiger partial charge is 0.255 e. The number of benzene rings is 2. The van der Waals surface area contributed by atoms with Crippen molar-refractivity contribution in [2.75, 3.05) is 19.7 Å². The first kappa shape index (κ1) is 20.5. The normalized spacial score (nSPS) is 16.9. The molecule has 1 saturated heterocycles. The third-order valence-electron chi connectivity index (χ3n) is 5.96. The molecule has 0 unspecified atom stereocenters. The van der Waals surface area contributed by atoms with Gasteiger partial charge in [-0.05, 0) is 56.2 Å². The van der Waals surface area contributed by atoms with Gasteiger partial charge in [0.1, 0.15) is 5.75 Å². The van der Waals surface area contributed by atoms with E-state index in [4.69, 9.17) is 4.74 Å². The van der Waals surface area contributed by atoms with E-state index in [9.17, 15) is 9.59 Å². The average molecular weight is 407 g/mol. The van der Waals surface area contributed by atoms with Gasteiger partial charge in [-0.25, -0.2) is 0 Å². The number of likely N-dealkylation sites (tertiary alicyclic amines) is 1. The maximum Gasteiger partial charge on any atom is 0.255 e. The number of amides is 2. The number of aryl methyl sites for hydroxylation is 1. The summed E-state index contributed by atoms with van der Waals surface area (Å²) in [7, 11) is 0. The molecule has 0 spiro atoms. The van der Waals surface area contributed by atoms with Gasteiger partial charge in [0.25, 0.3) is 5.91 Å². The van der Waals surface area contributed by atoms with Crippen LogP contribution in [0.15, 0.2) is 48.5 Å². The minimum atomic E-state index is -0.0513. The van der Waals surface area contributed by atoms with E-state index < -0.39 is 0 Å². The molecule has 4 rings (SSSR count). The van der Waals surface area contributed by atoms with Crippen LogP contribution < -0.4 is 10.1 Å². The Morgan fingerprint density at radius 2 is 1.70 bits per heavy atom. The highest BCUT2D eigenvalue weighted by atomic mass is 16.5. The van der Waals surface area contributed by atoms with Gasteiger partial charge in [-0.2, -0.15) is 0 Å². The number of para-hydroxylation sites is 1. The number of nitrogens with one attached hydrogen (secondary N) is 1. The third kappa shape index (κ3) is 5.41. The fraction of sp³-hybridized carbons (Fsp3) is 0.440. The van der Waals surface area contributed by atoms with E-state index in [-0.39, 0.29) is 11.8 Å². The predicted molar refractivity (Wildman–Crippen MR) is 117 cm³/mol. The molecule has 0 bridgehead atoms. The second kappa shape index (κ2) is 9.33. The second-order valence-corrected chi connectivity index (χ2v) is 8.54. The molecule has 5 heteroatoms. The van der Waals surface area contributed by atoms with Crippen LogP contribution in [0, 0.1) is 12.8 Å². The van der Waals surface area contributed by atoms with Crippen molar-refractivity contribution in [3.05, 3.63) is 65.2 Å². The number of ether oxygens (including phenoxy) is 1. The molecule has 158 valence electrons. The Hall–Kier alpha value is -2.82. The van der Waals surface area contributed by atoms with Gasteiger partial charge in [0.15, 0.2) is 0 Å². The van der Waals surface area contributed by atoms with E-state index in [0.717, 1.165) is 44.3 Å². The lowest BCUT2D eigenvalue weighted by molar-refractivity contribution is -0.132. The lowest BCUT2D eigenvalue weighted by Crippen LogP contribution is -2.40. The molecule has 0 atom stereocenters. The largest absolute Gasteiger partial charge is 0.492 e. The summed E-state index contributed by atoms with van der Waals surface area (Å²) in [6.45, 7) is 4.16. The summed E-state index contributed by atoms with van der Waals surface area (Å²) in [4.78, 5) is 27.0. The summed E-state index contributed by atoms with van der Waals surface area (Å²) in [6, 6.07) is 15.9. The van der Waals surface area contributed by atoms with Crippen LogP contribution in [0.2, 0.25) is 0 Å². The second-order valence-electron chi connectivity index (χ2n) is 8.54. The first-order chi connectivity index (χ1) is 14.6. The molecule has 1 aliphatic heterocycles. The van der Waals surface area contributed by atoms with Crippen molar-refractivity contribution in [1.82, 2.24) is 10.2 Å².